The summed E-state index contributed by atoms with van der Waals surface area (Å²) < 4.78 is 17.0. The number of likely N-dealkylation sites (N-methyl/N-ethyl adjacent to an activating group) is 1. The van der Waals surface area contributed by atoms with Crippen molar-refractivity contribution >= 4 is 17.5 Å². The number of carbonyl (C=O) groups excluding carboxylic acids is 2. The number of ether oxygens (including phenoxy) is 3. The highest BCUT2D eigenvalue weighted by Gasteiger charge is 2.34. The second-order valence-corrected chi connectivity index (χ2v) is 7.50. The smallest absolute Gasteiger partial charge is 0.262 e. The largest absolute Gasteiger partial charge is 0.493 e. The molecular weight excluding hydrogens is 384 g/mol. The number of fused-ring (bicyclic) bond motifs is 1. The van der Waals surface area contributed by atoms with Crippen molar-refractivity contribution in [3.05, 3.63) is 48.0 Å². The predicted molar refractivity (Wildman–Crippen MR) is 115 cm³/mol. The van der Waals surface area contributed by atoms with E-state index >= 15 is 0 Å². The number of para-hydroxylation sites is 2. The fraction of sp³-hybridized carbons (Fsp3) is 0.391. The minimum Gasteiger partial charge on any atom is -0.493 e. The molecule has 0 saturated carbocycles. The summed E-state index contributed by atoms with van der Waals surface area (Å²) in [6.07, 6.45) is 0.143. The third-order valence-corrected chi connectivity index (χ3v) is 4.92. The van der Waals surface area contributed by atoms with Gasteiger partial charge >= 0.3 is 0 Å². The van der Waals surface area contributed by atoms with E-state index in [4.69, 9.17) is 14.2 Å². The van der Waals surface area contributed by atoms with Crippen LogP contribution in [0.15, 0.2) is 42.5 Å². The van der Waals surface area contributed by atoms with Gasteiger partial charge in [-0.1, -0.05) is 26.0 Å². The summed E-state index contributed by atoms with van der Waals surface area (Å²) in [6.45, 7) is 4.96. The van der Waals surface area contributed by atoms with Gasteiger partial charge in [0.1, 0.15) is 5.75 Å². The van der Waals surface area contributed by atoms with Gasteiger partial charge in [0.2, 0.25) is 0 Å². The zero-order chi connectivity index (χ0) is 21.7. The molecule has 0 aliphatic carbocycles. The van der Waals surface area contributed by atoms with Crippen LogP contribution in [0.2, 0.25) is 0 Å². The lowest BCUT2D eigenvalue weighted by atomic mass is 10.1. The van der Waals surface area contributed by atoms with Gasteiger partial charge in [0, 0.05) is 12.6 Å². The van der Waals surface area contributed by atoms with Crippen molar-refractivity contribution < 1.29 is 23.8 Å². The Bertz CT molecular complexity index is 912. The standard InChI is InChI=1S/C23H28N2O5/c1-15(2)11-12-29-19-10-9-16(13-20(19)28-4)23(27)25-14-21(22(26)24-3)30-18-8-6-5-7-17(18)25/h5-10,13,15,21H,11-12,14H2,1-4H3,(H,24,26)/t21-/m1/s1. The van der Waals surface area contributed by atoms with Crippen LogP contribution < -0.4 is 24.4 Å². The third kappa shape index (κ3) is 4.67. The van der Waals surface area contributed by atoms with E-state index in [1.54, 1.807) is 55.5 Å². The first-order chi connectivity index (χ1) is 14.4. The monoisotopic (exact) mass is 412 g/mol. The van der Waals surface area contributed by atoms with Gasteiger partial charge in [-0.05, 0) is 42.7 Å². The first kappa shape index (κ1) is 21.5. The number of nitrogens with zero attached hydrogens (tertiary/aromatic N) is 1. The first-order valence-corrected chi connectivity index (χ1v) is 10.0. The van der Waals surface area contributed by atoms with Crippen molar-refractivity contribution in [2.24, 2.45) is 5.92 Å². The van der Waals surface area contributed by atoms with E-state index in [-0.39, 0.29) is 18.4 Å². The molecule has 0 unspecified atom stereocenters. The molecule has 0 fully saturated rings. The van der Waals surface area contributed by atoms with Gasteiger partial charge < -0.3 is 24.4 Å². The van der Waals surface area contributed by atoms with E-state index in [0.717, 1.165) is 6.42 Å². The van der Waals surface area contributed by atoms with Crippen molar-refractivity contribution in [3.63, 3.8) is 0 Å². The topological polar surface area (TPSA) is 77.1 Å². The summed E-state index contributed by atoms with van der Waals surface area (Å²) in [7, 11) is 3.09. The number of nitrogens with one attached hydrogen (secondary N) is 1. The molecule has 0 aromatic heterocycles. The molecule has 1 atom stereocenters. The molecule has 160 valence electrons. The maximum atomic E-state index is 13.3. The normalized spacial score (nSPS) is 15.2. The first-order valence-electron chi connectivity index (χ1n) is 10.0. The van der Waals surface area contributed by atoms with Crippen molar-refractivity contribution in [3.8, 4) is 17.2 Å². The Labute approximate surface area is 176 Å². The van der Waals surface area contributed by atoms with E-state index in [9.17, 15) is 9.59 Å². The van der Waals surface area contributed by atoms with Crippen molar-refractivity contribution in [2.75, 3.05) is 32.2 Å². The maximum absolute atomic E-state index is 13.3. The van der Waals surface area contributed by atoms with Gasteiger partial charge in [0.25, 0.3) is 11.8 Å². The number of rotatable bonds is 7. The zero-order valence-electron chi connectivity index (χ0n) is 17.8. The molecule has 7 nitrogen and oxygen atoms in total. The van der Waals surface area contributed by atoms with Crippen LogP contribution in [0.3, 0.4) is 0 Å². The molecule has 2 amide bonds. The molecule has 3 rings (SSSR count). The molecule has 1 aliphatic heterocycles. The van der Waals surface area contributed by atoms with Crippen LogP contribution in [0.5, 0.6) is 17.2 Å². The van der Waals surface area contributed by atoms with Gasteiger partial charge in [-0.25, -0.2) is 0 Å². The van der Waals surface area contributed by atoms with Crippen LogP contribution in [-0.4, -0.2) is 45.2 Å². The van der Waals surface area contributed by atoms with Gasteiger partial charge in [0.05, 0.1) is 25.9 Å². The second-order valence-electron chi connectivity index (χ2n) is 7.50. The fourth-order valence-corrected chi connectivity index (χ4v) is 3.20. The van der Waals surface area contributed by atoms with Crippen LogP contribution in [0.1, 0.15) is 30.6 Å². The molecule has 1 N–H and O–H groups in total. The van der Waals surface area contributed by atoms with Gasteiger partial charge in [-0.3, -0.25) is 9.59 Å². The Balaban J connectivity index is 1.86. The summed E-state index contributed by atoms with van der Waals surface area (Å²) in [5, 5.41) is 2.58. The quantitative estimate of drug-likeness (QED) is 0.755. The summed E-state index contributed by atoms with van der Waals surface area (Å²) in [4.78, 5) is 27.1. The number of benzene rings is 2. The number of carbonyl (C=O) groups is 2. The minimum absolute atomic E-state index is 0.116. The number of hydrogen-bond donors (Lipinski definition) is 1. The van der Waals surface area contributed by atoms with Crippen LogP contribution in [0, 0.1) is 5.92 Å². The Hall–Kier alpha value is -3.22. The summed E-state index contributed by atoms with van der Waals surface area (Å²) in [6, 6.07) is 12.3. The average Bonchev–Trinajstić information content (AvgIpc) is 2.77. The predicted octanol–water partition coefficient (Wildman–Crippen LogP) is 3.27. The molecule has 30 heavy (non-hydrogen) atoms. The summed E-state index contributed by atoms with van der Waals surface area (Å²) >= 11 is 0. The molecule has 7 heteroatoms. The van der Waals surface area contributed by atoms with E-state index < -0.39 is 6.10 Å². The van der Waals surface area contributed by atoms with Gasteiger partial charge in [-0.15, -0.1) is 0 Å². The van der Waals surface area contributed by atoms with Crippen molar-refractivity contribution in [1.29, 1.82) is 0 Å². The van der Waals surface area contributed by atoms with Crippen LogP contribution in [0.25, 0.3) is 0 Å². The molecule has 0 bridgehead atoms. The SMILES string of the molecule is CNC(=O)[C@H]1CN(C(=O)c2ccc(OCCC(C)C)c(OC)c2)c2ccccc2O1. The number of hydrogen-bond acceptors (Lipinski definition) is 5. The van der Waals surface area contributed by atoms with Crippen LogP contribution >= 0.6 is 0 Å². The van der Waals surface area contributed by atoms with E-state index in [2.05, 4.69) is 19.2 Å². The summed E-state index contributed by atoms with van der Waals surface area (Å²) in [5.74, 6) is 1.59. The lowest BCUT2D eigenvalue weighted by molar-refractivity contribution is -0.127. The van der Waals surface area contributed by atoms with Gasteiger partial charge in [0.15, 0.2) is 17.6 Å². The maximum Gasteiger partial charge on any atom is 0.262 e. The lowest BCUT2D eigenvalue weighted by Gasteiger charge is -2.34. The molecule has 1 aliphatic rings. The highest BCUT2D eigenvalue weighted by atomic mass is 16.5. The molecule has 0 saturated heterocycles. The zero-order valence-corrected chi connectivity index (χ0v) is 17.8. The fourth-order valence-electron chi connectivity index (χ4n) is 3.20. The summed E-state index contributed by atoms with van der Waals surface area (Å²) in [5.41, 5.74) is 1.06. The molecular formula is C23H28N2O5. The van der Waals surface area contributed by atoms with E-state index in [0.29, 0.717) is 41.0 Å². The van der Waals surface area contributed by atoms with Crippen LogP contribution in [0.4, 0.5) is 5.69 Å². The Morgan fingerprint density at radius 1 is 1.20 bits per heavy atom. The van der Waals surface area contributed by atoms with Crippen LogP contribution in [-0.2, 0) is 4.79 Å². The number of anilines is 1. The number of methoxy groups -OCH3 is 1. The Morgan fingerprint density at radius 2 is 1.97 bits per heavy atom. The minimum atomic E-state index is -0.783. The molecule has 2 aromatic carbocycles. The van der Waals surface area contributed by atoms with E-state index in [1.807, 2.05) is 6.07 Å². The third-order valence-electron chi connectivity index (χ3n) is 4.92. The molecule has 0 spiro atoms. The molecule has 0 radical (unpaired) electrons. The number of amides is 2. The van der Waals surface area contributed by atoms with Gasteiger partial charge in [-0.2, -0.15) is 0 Å². The van der Waals surface area contributed by atoms with E-state index in [1.165, 1.54) is 0 Å². The Kier molecular flexibility index (Phi) is 6.82. The highest BCUT2D eigenvalue weighted by Crippen LogP contribution is 2.35. The van der Waals surface area contributed by atoms with Crippen molar-refractivity contribution in [2.45, 2.75) is 26.4 Å². The average molecular weight is 412 g/mol. The lowest BCUT2D eigenvalue weighted by Crippen LogP contribution is -2.50. The second kappa shape index (κ2) is 9.52. The van der Waals surface area contributed by atoms with Crippen molar-refractivity contribution in [1.82, 2.24) is 5.32 Å². The molecule has 1 heterocycles. The molecule has 2 aromatic rings. The highest BCUT2D eigenvalue weighted by molar-refractivity contribution is 6.08. The Morgan fingerprint density at radius 3 is 2.67 bits per heavy atom.